The smallest absolute Gasteiger partial charge is 0.125 e. The summed E-state index contributed by atoms with van der Waals surface area (Å²) in [6, 6.07) is 4.19. The van der Waals surface area contributed by atoms with Crippen molar-refractivity contribution in [3.63, 3.8) is 0 Å². The number of rotatable bonds is 4. The molecule has 0 aromatic carbocycles. The van der Waals surface area contributed by atoms with E-state index in [1.807, 2.05) is 12.3 Å². The van der Waals surface area contributed by atoms with Gasteiger partial charge in [-0.1, -0.05) is 6.07 Å². The Kier molecular flexibility index (Phi) is 3.71. The van der Waals surface area contributed by atoms with Gasteiger partial charge in [-0.3, -0.25) is 4.90 Å². The summed E-state index contributed by atoms with van der Waals surface area (Å²) in [6.07, 6.45) is 4.09. The van der Waals surface area contributed by atoms with Gasteiger partial charge in [-0.25, -0.2) is 4.98 Å². The number of aromatic nitrogens is 1. The van der Waals surface area contributed by atoms with Crippen LogP contribution in [0.2, 0.25) is 0 Å². The number of hydrogen-bond acceptors (Lipinski definition) is 4. The van der Waals surface area contributed by atoms with E-state index in [-0.39, 0.29) is 6.10 Å². The highest BCUT2D eigenvalue weighted by atomic mass is 16.3. The number of hydrogen-bond donors (Lipinski definition) is 2. The van der Waals surface area contributed by atoms with Gasteiger partial charge in [0, 0.05) is 38.3 Å². The predicted octanol–water partition coefficient (Wildman–Crippen LogP) is 1.72. The van der Waals surface area contributed by atoms with Gasteiger partial charge in [-0.15, -0.1) is 0 Å². The minimum absolute atomic E-state index is 0.0655. The van der Waals surface area contributed by atoms with Crippen LogP contribution in [0.1, 0.15) is 25.3 Å². The molecular formula is C15H23N3O. The summed E-state index contributed by atoms with van der Waals surface area (Å²) >= 11 is 0. The van der Waals surface area contributed by atoms with Crippen LogP contribution in [-0.4, -0.2) is 40.7 Å². The number of likely N-dealkylation sites (tertiary alicyclic amines) is 1. The summed E-state index contributed by atoms with van der Waals surface area (Å²) in [5, 5.41) is 13.1. The van der Waals surface area contributed by atoms with Crippen molar-refractivity contribution in [3.05, 3.63) is 23.9 Å². The lowest BCUT2D eigenvalue weighted by molar-refractivity contribution is 0.123. The summed E-state index contributed by atoms with van der Waals surface area (Å²) in [5.41, 5.74) is 1.26. The lowest BCUT2D eigenvalue weighted by Gasteiger charge is -2.18. The van der Waals surface area contributed by atoms with Crippen molar-refractivity contribution in [2.45, 2.75) is 32.4 Å². The molecule has 0 bridgehead atoms. The number of aliphatic hydroxyl groups excluding tert-OH is 1. The lowest BCUT2D eigenvalue weighted by atomic mass is 10.00. The van der Waals surface area contributed by atoms with Crippen molar-refractivity contribution in [1.29, 1.82) is 0 Å². The Morgan fingerprint density at radius 3 is 2.95 bits per heavy atom. The Hall–Kier alpha value is -1.13. The third-order valence-electron chi connectivity index (χ3n) is 4.48. The van der Waals surface area contributed by atoms with Crippen LogP contribution >= 0.6 is 0 Å². The van der Waals surface area contributed by atoms with Crippen LogP contribution in [0, 0.1) is 11.8 Å². The molecule has 0 amide bonds. The molecule has 3 atom stereocenters. The van der Waals surface area contributed by atoms with Crippen molar-refractivity contribution in [3.8, 4) is 0 Å². The molecule has 2 N–H and O–H groups in total. The average molecular weight is 261 g/mol. The maximum atomic E-state index is 9.93. The second kappa shape index (κ2) is 5.47. The molecule has 2 aliphatic rings. The second-order valence-corrected chi connectivity index (χ2v) is 5.84. The van der Waals surface area contributed by atoms with E-state index < -0.39 is 0 Å². The average Bonchev–Trinajstić information content (AvgIpc) is 2.95. The van der Waals surface area contributed by atoms with E-state index in [4.69, 9.17) is 0 Å². The number of pyridine rings is 1. The van der Waals surface area contributed by atoms with E-state index in [2.05, 4.69) is 28.2 Å². The first-order valence-electron chi connectivity index (χ1n) is 7.35. The Morgan fingerprint density at radius 2 is 2.26 bits per heavy atom. The maximum absolute atomic E-state index is 9.93. The number of fused-ring (bicyclic) bond motifs is 1. The summed E-state index contributed by atoms with van der Waals surface area (Å²) in [7, 11) is 0. The van der Waals surface area contributed by atoms with Crippen molar-refractivity contribution in [1.82, 2.24) is 9.88 Å². The first-order valence-corrected chi connectivity index (χ1v) is 7.35. The Morgan fingerprint density at radius 1 is 1.37 bits per heavy atom. The lowest BCUT2D eigenvalue weighted by Crippen LogP contribution is -2.24. The topological polar surface area (TPSA) is 48.4 Å². The fraction of sp³-hybridized carbons (Fsp3) is 0.667. The molecule has 0 radical (unpaired) electrons. The minimum Gasteiger partial charge on any atom is -0.393 e. The maximum Gasteiger partial charge on any atom is 0.125 e. The van der Waals surface area contributed by atoms with Crippen LogP contribution in [-0.2, 0) is 6.54 Å². The van der Waals surface area contributed by atoms with Crippen molar-refractivity contribution in [2.24, 2.45) is 11.8 Å². The monoisotopic (exact) mass is 261 g/mol. The zero-order valence-corrected chi connectivity index (χ0v) is 11.5. The summed E-state index contributed by atoms with van der Waals surface area (Å²) in [4.78, 5) is 6.87. The van der Waals surface area contributed by atoms with Gasteiger partial charge in [0.15, 0.2) is 0 Å². The SMILES string of the molecule is CCNc1ccc(CN2CC3CCC(O)C3C2)cn1. The quantitative estimate of drug-likeness (QED) is 0.866. The van der Waals surface area contributed by atoms with E-state index in [0.717, 1.165) is 38.4 Å². The molecular weight excluding hydrogens is 238 g/mol. The molecule has 1 saturated heterocycles. The third-order valence-corrected chi connectivity index (χ3v) is 4.48. The minimum atomic E-state index is -0.0655. The highest BCUT2D eigenvalue weighted by Gasteiger charge is 2.41. The third kappa shape index (κ3) is 2.74. The van der Waals surface area contributed by atoms with Crippen molar-refractivity contribution < 1.29 is 5.11 Å². The first-order chi connectivity index (χ1) is 9.26. The summed E-state index contributed by atoms with van der Waals surface area (Å²) in [5.74, 6) is 2.16. The highest BCUT2D eigenvalue weighted by molar-refractivity contribution is 5.35. The molecule has 1 saturated carbocycles. The molecule has 2 heterocycles. The number of aliphatic hydroxyl groups is 1. The molecule has 3 rings (SSSR count). The van der Waals surface area contributed by atoms with Gasteiger partial charge in [0.25, 0.3) is 0 Å². The van der Waals surface area contributed by atoms with E-state index in [9.17, 15) is 5.11 Å². The predicted molar refractivity (Wildman–Crippen MR) is 75.9 cm³/mol. The van der Waals surface area contributed by atoms with E-state index in [0.29, 0.717) is 11.8 Å². The molecule has 2 fully saturated rings. The van der Waals surface area contributed by atoms with E-state index in [1.165, 1.54) is 12.0 Å². The van der Waals surface area contributed by atoms with Gasteiger partial charge in [0.1, 0.15) is 5.82 Å². The van der Waals surface area contributed by atoms with Crippen LogP contribution in [0.5, 0.6) is 0 Å². The van der Waals surface area contributed by atoms with Crippen molar-refractivity contribution in [2.75, 3.05) is 25.0 Å². The summed E-state index contributed by atoms with van der Waals surface area (Å²) in [6.45, 7) is 6.11. The van der Waals surface area contributed by atoms with Crippen molar-refractivity contribution >= 4 is 5.82 Å². The molecule has 1 aromatic rings. The molecule has 4 heteroatoms. The molecule has 3 unspecified atom stereocenters. The molecule has 1 aliphatic heterocycles. The molecule has 104 valence electrons. The number of anilines is 1. The number of nitrogens with one attached hydrogen (secondary N) is 1. The molecule has 1 aromatic heterocycles. The molecule has 4 nitrogen and oxygen atoms in total. The van der Waals surface area contributed by atoms with Gasteiger partial charge in [-0.2, -0.15) is 0 Å². The van der Waals surface area contributed by atoms with E-state index in [1.54, 1.807) is 0 Å². The largest absolute Gasteiger partial charge is 0.393 e. The Balaban J connectivity index is 1.57. The summed E-state index contributed by atoms with van der Waals surface area (Å²) < 4.78 is 0. The Labute approximate surface area is 114 Å². The molecule has 0 spiro atoms. The van der Waals surface area contributed by atoms with Crippen LogP contribution in [0.15, 0.2) is 18.3 Å². The van der Waals surface area contributed by atoms with Gasteiger partial charge in [0.05, 0.1) is 6.10 Å². The van der Waals surface area contributed by atoms with Gasteiger partial charge in [0.2, 0.25) is 0 Å². The highest BCUT2D eigenvalue weighted by Crippen LogP contribution is 2.38. The van der Waals surface area contributed by atoms with Gasteiger partial charge < -0.3 is 10.4 Å². The molecule has 1 aliphatic carbocycles. The standard InChI is InChI=1S/C15H23N3O/c1-2-16-15-6-3-11(7-17-15)8-18-9-12-4-5-14(19)13(12)10-18/h3,6-7,12-14,19H,2,4-5,8-10H2,1H3,(H,16,17). The zero-order valence-electron chi connectivity index (χ0n) is 11.5. The first kappa shape index (κ1) is 12.9. The van der Waals surface area contributed by atoms with Crippen LogP contribution in [0.4, 0.5) is 5.82 Å². The van der Waals surface area contributed by atoms with Gasteiger partial charge in [-0.05, 0) is 37.3 Å². The van der Waals surface area contributed by atoms with Crippen LogP contribution in [0.25, 0.3) is 0 Å². The van der Waals surface area contributed by atoms with Crippen LogP contribution < -0.4 is 5.32 Å². The van der Waals surface area contributed by atoms with Gasteiger partial charge >= 0.3 is 0 Å². The fourth-order valence-electron chi connectivity index (χ4n) is 3.52. The second-order valence-electron chi connectivity index (χ2n) is 5.84. The fourth-order valence-corrected chi connectivity index (χ4v) is 3.52. The Bertz CT molecular complexity index is 420. The number of nitrogens with zero attached hydrogens (tertiary/aromatic N) is 2. The molecule has 19 heavy (non-hydrogen) atoms. The van der Waals surface area contributed by atoms with E-state index >= 15 is 0 Å². The van der Waals surface area contributed by atoms with Crippen LogP contribution in [0.3, 0.4) is 0 Å². The zero-order chi connectivity index (χ0) is 13.2. The normalized spacial score (nSPS) is 30.5.